The molecule has 0 saturated carbocycles. The van der Waals surface area contributed by atoms with Crippen molar-refractivity contribution in [3.8, 4) is 0 Å². The van der Waals surface area contributed by atoms with E-state index in [0.29, 0.717) is 11.8 Å². The first-order valence-corrected chi connectivity index (χ1v) is 7.16. The maximum atomic E-state index is 12.5. The van der Waals surface area contributed by atoms with Gasteiger partial charge in [0.1, 0.15) is 0 Å². The van der Waals surface area contributed by atoms with E-state index in [4.69, 9.17) is 0 Å². The summed E-state index contributed by atoms with van der Waals surface area (Å²) in [6, 6.07) is 6.00. The minimum Gasteiger partial charge on any atom is -0.385 e. The maximum Gasteiger partial charge on any atom is 0.254 e. The van der Waals surface area contributed by atoms with Gasteiger partial charge in [-0.2, -0.15) is 0 Å². The van der Waals surface area contributed by atoms with Gasteiger partial charge in [0.25, 0.3) is 5.91 Å². The molecule has 19 heavy (non-hydrogen) atoms. The van der Waals surface area contributed by atoms with E-state index in [1.165, 1.54) is 0 Å². The smallest absolute Gasteiger partial charge is 0.254 e. The first-order valence-electron chi connectivity index (χ1n) is 7.16. The molecule has 1 heterocycles. The van der Waals surface area contributed by atoms with E-state index < -0.39 is 0 Å². The number of rotatable bonds is 3. The van der Waals surface area contributed by atoms with Crippen molar-refractivity contribution in [3.63, 3.8) is 0 Å². The lowest BCUT2D eigenvalue weighted by atomic mass is 10.0. The Hall–Kier alpha value is -1.51. The number of aryl methyl sites for hydroxylation is 1. The summed E-state index contributed by atoms with van der Waals surface area (Å²) in [4.78, 5) is 14.5. The van der Waals surface area contributed by atoms with Crippen molar-refractivity contribution in [1.29, 1.82) is 0 Å². The van der Waals surface area contributed by atoms with E-state index in [0.717, 1.165) is 36.4 Å². The molecule has 1 aliphatic rings. The highest BCUT2D eigenvalue weighted by Gasteiger charge is 2.30. The maximum absolute atomic E-state index is 12.5. The van der Waals surface area contributed by atoms with Crippen LogP contribution in [0.25, 0.3) is 0 Å². The fourth-order valence-electron chi connectivity index (χ4n) is 2.68. The van der Waals surface area contributed by atoms with Gasteiger partial charge in [-0.05, 0) is 49.4 Å². The second kappa shape index (κ2) is 5.64. The third-order valence-electron chi connectivity index (χ3n) is 4.11. The highest BCUT2D eigenvalue weighted by molar-refractivity contribution is 5.96. The highest BCUT2D eigenvalue weighted by atomic mass is 16.2. The lowest BCUT2D eigenvalue weighted by molar-refractivity contribution is 0.0784. The summed E-state index contributed by atoms with van der Waals surface area (Å²) in [6.45, 7) is 11.2. The van der Waals surface area contributed by atoms with E-state index in [1.54, 1.807) is 0 Å². The van der Waals surface area contributed by atoms with Crippen LogP contribution in [-0.4, -0.2) is 30.4 Å². The molecule has 1 saturated heterocycles. The van der Waals surface area contributed by atoms with Crippen LogP contribution in [0.3, 0.4) is 0 Å². The first-order chi connectivity index (χ1) is 9.02. The summed E-state index contributed by atoms with van der Waals surface area (Å²) in [6.07, 6.45) is 0. The number of nitrogens with one attached hydrogen (secondary N) is 1. The average Bonchev–Trinajstić information content (AvgIpc) is 2.69. The molecule has 2 unspecified atom stereocenters. The van der Waals surface area contributed by atoms with Gasteiger partial charge in [-0.15, -0.1) is 0 Å². The lowest BCUT2D eigenvalue weighted by Crippen LogP contribution is -2.29. The molecule has 2 rings (SSSR count). The van der Waals surface area contributed by atoms with Crippen molar-refractivity contribution in [2.75, 3.05) is 25.0 Å². The molecule has 3 nitrogen and oxygen atoms in total. The Bertz CT molecular complexity index is 460. The van der Waals surface area contributed by atoms with Gasteiger partial charge in [0.15, 0.2) is 0 Å². The Morgan fingerprint density at radius 1 is 1.32 bits per heavy atom. The van der Waals surface area contributed by atoms with Crippen LogP contribution in [0.5, 0.6) is 0 Å². The van der Waals surface area contributed by atoms with Gasteiger partial charge >= 0.3 is 0 Å². The van der Waals surface area contributed by atoms with Crippen LogP contribution in [0.15, 0.2) is 18.2 Å². The third-order valence-corrected chi connectivity index (χ3v) is 4.11. The van der Waals surface area contributed by atoms with Crippen molar-refractivity contribution < 1.29 is 4.79 Å². The summed E-state index contributed by atoms with van der Waals surface area (Å²) in [5, 5.41) is 3.27. The normalized spacial score (nSPS) is 22.6. The molecule has 0 radical (unpaired) electrons. The summed E-state index contributed by atoms with van der Waals surface area (Å²) in [5.41, 5.74) is 2.97. The monoisotopic (exact) mass is 260 g/mol. The summed E-state index contributed by atoms with van der Waals surface area (Å²) in [5.74, 6) is 1.38. The molecule has 1 amide bonds. The number of likely N-dealkylation sites (tertiary alicyclic amines) is 1. The average molecular weight is 260 g/mol. The predicted octanol–water partition coefficient (Wildman–Crippen LogP) is 3.15. The zero-order valence-electron chi connectivity index (χ0n) is 12.4. The standard InChI is InChI=1S/C16H24N2O/c1-5-17-14-6-7-15(11(2)8-14)16(19)18-9-12(3)13(4)10-18/h6-8,12-13,17H,5,9-10H2,1-4H3. The van der Waals surface area contributed by atoms with Gasteiger partial charge in [0, 0.05) is 30.9 Å². The summed E-state index contributed by atoms with van der Waals surface area (Å²) in [7, 11) is 0. The summed E-state index contributed by atoms with van der Waals surface area (Å²) < 4.78 is 0. The number of amides is 1. The van der Waals surface area contributed by atoms with Gasteiger partial charge in [-0.25, -0.2) is 0 Å². The van der Waals surface area contributed by atoms with Crippen molar-refractivity contribution in [2.45, 2.75) is 27.7 Å². The molecule has 1 aliphatic heterocycles. The van der Waals surface area contributed by atoms with Gasteiger partial charge in [-0.1, -0.05) is 13.8 Å². The van der Waals surface area contributed by atoms with E-state index >= 15 is 0 Å². The van der Waals surface area contributed by atoms with E-state index in [2.05, 4.69) is 32.2 Å². The van der Waals surface area contributed by atoms with E-state index in [-0.39, 0.29) is 5.91 Å². The molecule has 0 bridgehead atoms. The molecule has 3 heteroatoms. The number of carbonyl (C=O) groups excluding carboxylic acids is 1. The van der Waals surface area contributed by atoms with Crippen LogP contribution in [0.4, 0.5) is 5.69 Å². The van der Waals surface area contributed by atoms with Gasteiger partial charge in [0.05, 0.1) is 0 Å². The summed E-state index contributed by atoms with van der Waals surface area (Å²) >= 11 is 0. The van der Waals surface area contributed by atoms with Crippen LogP contribution in [0.2, 0.25) is 0 Å². The number of hydrogen-bond acceptors (Lipinski definition) is 2. The lowest BCUT2D eigenvalue weighted by Gasteiger charge is -2.18. The van der Waals surface area contributed by atoms with Crippen LogP contribution in [0.1, 0.15) is 36.7 Å². The van der Waals surface area contributed by atoms with Crippen molar-refractivity contribution in [1.82, 2.24) is 4.90 Å². The Labute approximate surface area is 116 Å². The number of hydrogen-bond donors (Lipinski definition) is 1. The van der Waals surface area contributed by atoms with Crippen LogP contribution in [0, 0.1) is 18.8 Å². The molecular formula is C16H24N2O. The van der Waals surface area contributed by atoms with Gasteiger partial charge in [-0.3, -0.25) is 4.79 Å². The molecule has 0 aliphatic carbocycles. The molecular weight excluding hydrogens is 236 g/mol. The van der Waals surface area contributed by atoms with E-state index in [9.17, 15) is 4.79 Å². The fourth-order valence-corrected chi connectivity index (χ4v) is 2.68. The van der Waals surface area contributed by atoms with Crippen molar-refractivity contribution in [2.24, 2.45) is 11.8 Å². The molecule has 0 aromatic heterocycles. The SMILES string of the molecule is CCNc1ccc(C(=O)N2CC(C)C(C)C2)c(C)c1. The van der Waals surface area contributed by atoms with Crippen LogP contribution >= 0.6 is 0 Å². The molecule has 104 valence electrons. The van der Waals surface area contributed by atoms with Crippen molar-refractivity contribution >= 4 is 11.6 Å². The Kier molecular flexibility index (Phi) is 4.13. The molecule has 0 spiro atoms. The number of nitrogens with zero attached hydrogens (tertiary/aromatic N) is 1. The zero-order chi connectivity index (χ0) is 14.0. The molecule has 1 N–H and O–H groups in total. The fraction of sp³-hybridized carbons (Fsp3) is 0.562. The number of benzene rings is 1. The molecule has 1 aromatic carbocycles. The van der Waals surface area contributed by atoms with Crippen LogP contribution in [-0.2, 0) is 0 Å². The quantitative estimate of drug-likeness (QED) is 0.905. The van der Waals surface area contributed by atoms with Gasteiger partial charge in [0.2, 0.25) is 0 Å². The molecule has 1 fully saturated rings. The second-order valence-electron chi connectivity index (χ2n) is 5.72. The Balaban J connectivity index is 2.16. The first kappa shape index (κ1) is 13.9. The van der Waals surface area contributed by atoms with E-state index in [1.807, 2.05) is 24.0 Å². The topological polar surface area (TPSA) is 32.3 Å². The van der Waals surface area contributed by atoms with Crippen molar-refractivity contribution in [3.05, 3.63) is 29.3 Å². The van der Waals surface area contributed by atoms with Gasteiger partial charge < -0.3 is 10.2 Å². The predicted molar refractivity (Wildman–Crippen MR) is 79.6 cm³/mol. The number of carbonyl (C=O) groups is 1. The largest absolute Gasteiger partial charge is 0.385 e. The van der Waals surface area contributed by atoms with Crippen LogP contribution < -0.4 is 5.32 Å². The highest BCUT2D eigenvalue weighted by Crippen LogP contribution is 2.25. The minimum absolute atomic E-state index is 0.178. The third kappa shape index (κ3) is 2.91. The Morgan fingerprint density at radius 3 is 2.47 bits per heavy atom. The minimum atomic E-state index is 0.178. The zero-order valence-corrected chi connectivity index (χ0v) is 12.4. The second-order valence-corrected chi connectivity index (χ2v) is 5.72. The number of anilines is 1. The Morgan fingerprint density at radius 2 is 1.95 bits per heavy atom. The molecule has 2 atom stereocenters. The molecule has 1 aromatic rings.